The standard InChI is InChI=1S/C24H29NS/c1-5-7-10-16-25-22(17-18(3)6-2)20-14-11-12-19(4)24(20)21-13-8-9-15-23(21)26/h6,8-9,11-15,17,25-26H,2-3,5,7,10,16H2,1,4H3/b22-17-. The zero-order chi connectivity index (χ0) is 18.9. The number of unbranched alkanes of at least 4 members (excludes halogenated alkanes) is 2. The predicted molar refractivity (Wildman–Crippen MR) is 119 cm³/mol. The number of aryl methyl sites for hydroxylation is 1. The van der Waals surface area contributed by atoms with E-state index in [9.17, 15) is 0 Å². The van der Waals surface area contributed by atoms with Gasteiger partial charge in [0.2, 0.25) is 0 Å². The Morgan fingerprint density at radius 1 is 1.12 bits per heavy atom. The minimum atomic E-state index is 0.898. The van der Waals surface area contributed by atoms with Gasteiger partial charge in [0.25, 0.3) is 0 Å². The summed E-state index contributed by atoms with van der Waals surface area (Å²) < 4.78 is 0. The molecule has 2 aromatic carbocycles. The van der Waals surface area contributed by atoms with E-state index in [1.54, 1.807) is 6.08 Å². The van der Waals surface area contributed by atoms with E-state index in [1.165, 1.54) is 29.5 Å². The van der Waals surface area contributed by atoms with Gasteiger partial charge in [0.15, 0.2) is 0 Å². The highest BCUT2D eigenvalue weighted by molar-refractivity contribution is 7.80. The number of thiol groups is 1. The van der Waals surface area contributed by atoms with Crippen molar-refractivity contribution in [2.45, 2.75) is 38.0 Å². The van der Waals surface area contributed by atoms with Crippen LogP contribution in [0.3, 0.4) is 0 Å². The van der Waals surface area contributed by atoms with E-state index in [2.05, 4.69) is 81.4 Å². The van der Waals surface area contributed by atoms with Crippen LogP contribution in [-0.2, 0) is 0 Å². The van der Waals surface area contributed by atoms with Gasteiger partial charge in [-0.3, -0.25) is 0 Å². The third-order valence-corrected chi connectivity index (χ3v) is 4.81. The van der Waals surface area contributed by atoms with Gasteiger partial charge < -0.3 is 5.32 Å². The molecule has 0 atom stereocenters. The molecule has 0 amide bonds. The molecule has 26 heavy (non-hydrogen) atoms. The Morgan fingerprint density at radius 2 is 1.88 bits per heavy atom. The second-order valence-corrected chi connectivity index (χ2v) is 6.97. The number of allylic oxidation sites excluding steroid dienone is 3. The van der Waals surface area contributed by atoms with Crippen molar-refractivity contribution in [2.75, 3.05) is 6.54 Å². The van der Waals surface area contributed by atoms with Gasteiger partial charge in [-0.15, -0.1) is 12.6 Å². The molecule has 0 aliphatic heterocycles. The van der Waals surface area contributed by atoms with Gasteiger partial charge in [-0.1, -0.05) is 75.4 Å². The maximum Gasteiger partial charge on any atom is 0.0425 e. The molecule has 0 unspecified atom stereocenters. The third-order valence-electron chi connectivity index (χ3n) is 4.42. The lowest BCUT2D eigenvalue weighted by atomic mass is 9.92. The van der Waals surface area contributed by atoms with Crippen LogP contribution in [0.2, 0.25) is 0 Å². The molecule has 2 aromatic rings. The molecule has 0 heterocycles. The summed E-state index contributed by atoms with van der Waals surface area (Å²) in [4.78, 5) is 0.982. The van der Waals surface area contributed by atoms with Crippen molar-refractivity contribution in [3.05, 3.63) is 84.5 Å². The largest absolute Gasteiger partial charge is 0.385 e. The Bertz CT molecular complexity index is 802. The number of nitrogens with one attached hydrogen (secondary N) is 1. The van der Waals surface area contributed by atoms with Crippen LogP contribution in [0.25, 0.3) is 16.8 Å². The molecular formula is C24H29NS. The second-order valence-electron chi connectivity index (χ2n) is 6.49. The maximum absolute atomic E-state index is 4.69. The molecule has 0 spiro atoms. The fourth-order valence-electron chi connectivity index (χ4n) is 3.00. The lowest BCUT2D eigenvalue weighted by Crippen LogP contribution is -2.15. The molecule has 0 aliphatic carbocycles. The van der Waals surface area contributed by atoms with Crippen LogP contribution in [0.1, 0.15) is 37.3 Å². The average Bonchev–Trinajstić information content (AvgIpc) is 2.64. The molecular weight excluding hydrogens is 334 g/mol. The van der Waals surface area contributed by atoms with Crippen molar-refractivity contribution in [2.24, 2.45) is 0 Å². The maximum atomic E-state index is 4.69. The van der Waals surface area contributed by atoms with Crippen molar-refractivity contribution in [3.63, 3.8) is 0 Å². The highest BCUT2D eigenvalue weighted by Gasteiger charge is 2.14. The van der Waals surface area contributed by atoms with Gasteiger partial charge >= 0.3 is 0 Å². The number of rotatable bonds is 9. The van der Waals surface area contributed by atoms with E-state index in [0.717, 1.165) is 34.7 Å². The summed E-state index contributed by atoms with van der Waals surface area (Å²) in [7, 11) is 0. The van der Waals surface area contributed by atoms with Crippen molar-refractivity contribution in [1.29, 1.82) is 0 Å². The first kappa shape index (κ1) is 20.1. The quantitative estimate of drug-likeness (QED) is 0.283. The van der Waals surface area contributed by atoms with Crippen molar-refractivity contribution >= 4 is 18.3 Å². The van der Waals surface area contributed by atoms with Crippen molar-refractivity contribution < 1.29 is 0 Å². The summed E-state index contributed by atoms with van der Waals surface area (Å²) in [5, 5.41) is 3.62. The van der Waals surface area contributed by atoms with E-state index in [1.807, 2.05) is 12.1 Å². The molecule has 136 valence electrons. The normalized spacial score (nSPS) is 11.3. The summed E-state index contributed by atoms with van der Waals surface area (Å²) in [6.07, 6.45) is 7.46. The van der Waals surface area contributed by atoms with Crippen LogP contribution in [0, 0.1) is 6.92 Å². The first-order chi connectivity index (χ1) is 12.6. The second kappa shape index (κ2) is 10.1. The highest BCUT2D eigenvalue weighted by Crippen LogP contribution is 2.35. The summed E-state index contributed by atoms with van der Waals surface area (Å²) in [5.41, 5.74) is 6.75. The Morgan fingerprint density at radius 3 is 2.58 bits per heavy atom. The predicted octanol–water partition coefficient (Wildman–Crippen LogP) is 6.81. The van der Waals surface area contributed by atoms with E-state index < -0.39 is 0 Å². The first-order valence-electron chi connectivity index (χ1n) is 9.23. The smallest absolute Gasteiger partial charge is 0.0425 e. The van der Waals surface area contributed by atoms with Gasteiger partial charge in [0.05, 0.1) is 0 Å². The number of benzene rings is 2. The zero-order valence-electron chi connectivity index (χ0n) is 15.9. The molecule has 0 saturated heterocycles. The average molecular weight is 364 g/mol. The van der Waals surface area contributed by atoms with Crippen LogP contribution in [0.4, 0.5) is 0 Å². The summed E-state index contributed by atoms with van der Waals surface area (Å²) in [6.45, 7) is 13.2. The third kappa shape index (κ3) is 5.15. The van der Waals surface area contributed by atoms with Crippen molar-refractivity contribution in [3.8, 4) is 11.1 Å². The molecule has 1 N–H and O–H groups in total. The minimum absolute atomic E-state index is 0.898. The van der Waals surface area contributed by atoms with Crippen LogP contribution < -0.4 is 5.32 Å². The monoisotopic (exact) mass is 363 g/mol. The van der Waals surface area contributed by atoms with Gasteiger partial charge in [0.1, 0.15) is 0 Å². The van der Waals surface area contributed by atoms with Crippen molar-refractivity contribution in [1.82, 2.24) is 5.32 Å². The van der Waals surface area contributed by atoms with Crippen LogP contribution in [0.5, 0.6) is 0 Å². The lowest BCUT2D eigenvalue weighted by molar-refractivity contribution is 0.689. The zero-order valence-corrected chi connectivity index (χ0v) is 16.8. The van der Waals surface area contributed by atoms with Crippen LogP contribution >= 0.6 is 12.6 Å². The number of hydrogen-bond donors (Lipinski definition) is 2. The molecule has 0 aromatic heterocycles. The van der Waals surface area contributed by atoms with E-state index in [0.29, 0.717) is 0 Å². The SMILES string of the molecule is C=CC(=C)/C=C(\NCCCCC)c1cccc(C)c1-c1ccccc1S. The molecule has 2 heteroatoms. The molecule has 0 radical (unpaired) electrons. The molecule has 0 saturated carbocycles. The minimum Gasteiger partial charge on any atom is -0.385 e. The molecule has 0 fully saturated rings. The Labute approximate surface area is 164 Å². The highest BCUT2D eigenvalue weighted by atomic mass is 32.1. The van der Waals surface area contributed by atoms with Crippen LogP contribution in [0.15, 0.2) is 78.2 Å². The Balaban J connectivity index is 2.53. The summed E-state index contributed by atoms with van der Waals surface area (Å²) in [5.74, 6) is 0. The van der Waals surface area contributed by atoms with Gasteiger partial charge in [-0.2, -0.15) is 0 Å². The Hall–Kier alpha value is -2.19. The number of hydrogen-bond acceptors (Lipinski definition) is 2. The van der Waals surface area contributed by atoms with Gasteiger partial charge in [0, 0.05) is 22.7 Å². The molecule has 2 rings (SSSR count). The van der Waals surface area contributed by atoms with E-state index in [-0.39, 0.29) is 0 Å². The first-order valence-corrected chi connectivity index (χ1v) is 9.68. The summed E-state index contributed by atoms with van der Waals surface area (Å²) >= 11 is 4.69. The molecule has 0 bridgehead atoms. The van der Waals surface area contributed by atoms with E-state index in [4.69, 9.17) is 0 Å². The van der Waals surface area contributed by atoms with E-state index >= 15 is 0 Å². The molecule has 0 aliphatic rings. The van der Waals surface area contributed by atoms with Crippen LogP contribution in [-0.4, -0.2) is 6.54 Å². The topological polar surface area (TPSA) is 12.0 Å². The summed E-state index contributed by atoms with van der Waals surface area (Å²) in [6, 6.07) is 14.7. The fourth-order valence-corrected chi connectivity index (χ4v) is 3.27. The fraction of sp³-hybridized carbons (Fsp3) is 0.250. The molecule has 1 nitrogen and oxygen atoms in total. The van der Waals surface area contributed by atoms with Gasteiger partial charge in [-0.05, 0) is 47.8 Å². The van der Waals surface area contributed by atoms with Gasteiger partial charge in [-0.25, -0.2) is 0 Å². The Kier molecular flexibility index (Phi) is 7.80. The lowest BCUT2D eigenvalue weighted by Gasteiger charge is -2.19.